The van der Waals surface area contributed by atoms with Gasteiger partial charge in [-0.2, -0.15) is 0 Å². The molecule has 0 aromatic rings. The van der Waals surface area contributed by atoms with Gasteiger partial charge in [-0.05, 0) is 18.8 Å². The fraction of sp³-hybridized carbons (Fsp3) is 0.862. The summed E-state index contributed by atoms with van der Waals surface area (Å²) in [6, 6.07) is 0. The van der Waals surface area contributed by atoms with Crippen molar-refractivity contribution in [3.05, 3.63) is 13.8 Å². The fourth-order valence-electron chi connectivity index (χ4n) is 4.00. The Morgan fingerprint density at radius 2 is 0.828 bits per heavy atom. The molecule has 0 spiro atoms. The van der Waals surface area contributed by atoms with Gasteiger partial charge in [-0.3, -0.25) is 0 Å². The monoisotopic (exact) mass is 402 g/mol. The normalized spacial score (nSPS) is 12.0. The molecule has 2 radical (unpaired) electrons. The van der Waals surface area contributed by atoms with E-state index in [1.165, 1.54) is 122 Å². The molecule has 0 aromatic carbocycles. The van der Waals surface area contributed by atoms with Crippen molar-refractivity contribution in [1.82, 2.24) is 0 Å². The molecule has 0 nitrogen and oxygen atoms in total. The van der Waals surface area contributed by atoms with Crippen LogP contribution in [0, 0.1) is 31.6 Å². The van der Waals surface area contributed by atoms with Crippen LogP contribution >= 0.6 is 0 Å². The van der Waals surface area contributed by atoms with E-state index >= 15 is 0 Å². The van der Waals surface area contributed by atoms with Gasteiger partial charge < -0.3 is 0 Å². The van der Waals surface area contributed by atoms with Crippen molar-refractivity contribution in [2.45, 2.75) is 155 Å². The molecule has 0 amide bonds. The van der Waals surface area contributed by atoms with Gasteiger partial charge in [0.2, 0.25) is 0 Å². The average molecular weight is 403 g/mol. The third kappa shape index (κ3) is 25.5. The summed E-state index contributed by atoms with van der Waals surface area (Å²) in [4.78, 5) is 0. The highest BCUT2D eigenvalue weighted by Gasteiger charge is 1.99. The number of hydrogen-bond acceptors (Lipinski definition) is 0. The first-order valence-electron chi connectivity index (χ1n) is 13.4. The van der Waals surface area contributed by atoms with Gasteiger partial charge >= 0.3 is 0 Å². The highest BCUT2D eigenvalue weighted by Crippen LogP contribution is 2.15. The summed E-state index contributed by atoms with van der Waals surface area (Å²) in [5.41, 5.74) is 0. The van der Waals surface area contributed by atoms with E-state index in [2.05, 4.69) is 32.6 Å². The van der Waals surface area contributed by atoms with Crippen molar-refractivity contribution >= 4 is 0 Å². The van der Waals surface area contributed by atoms with E-state index in [9.17, 15) is 0 Å². The topological polar surface area (TPSA) is 0 Å². The maximum absolute atomic E-state index is 3.92. The summed E-state index contributed by atoms with van der Waals surface area (Å²) in [6.07, 6.45) is 31.0. The van der Waals surface area contributed by atoms with Gasteiger partial charge in [0.25, 0.3) is 0 Å². The van der Waals surface area contributed by atoms with Crippen molar-refractivity contribution in [2.75, 3.05) is 0 Å². The Balaban J connectivity index is 3.15. The SMILES string of the molecule is [CH2]CCCCCCCCCCCCCCCCCC#CCCC(C)CCCC[CH2]. The van der Waals surface area contributed by atoms with Crippen LogP contribution in [-0.4, -0.2) is 0 Å². The second-order valence-corrected chi connectivity index (χ2v) is 9.25. The quantitative estimate of drug-likeness (QED) is 0.125. The van der Waals surface area contributed by atoms with Gasteiger partial charge in [-0.1, -0.05) is 143 Å². The number of unbranched alkanes of at least 4 members (excludes halogenated alkanes) is 18. The lowest BCUT2D eigenvalue weighted by Crippen LogP contribution is -1.93. The third-order valence-corrected chi connectivity index (χ3v) is 6.14. The van der Waals surface area contributed by atoms with E-state index in [-0.39, 0.29) is 0 Å². The number of hydrogen-bond donors (Lipinski definition) is 0. The lowest BCUT2D eigenvalue weighted by Gasteiger charge is -2.07. The molecular formula is C29H54. The van der Waals surface area contributed by atoms with Gasteiger partial charge in [-0.25, -0.2) is 0 Å². The Labute approximate surface area is 186 Å². The standard InChI is InChI=1S/C29H54/c1-4-6-8-9-10-11-12-13-14-15-16-17-18-19-20-21-22-23-24-26-28-29(3)27-25-7-5-2/h29H,1-2,4-22,25-28H2,3H3. The Morgan fingerprint density at radius 1 is 0.448 bits per heavy atom. The van der Waals surface area contributed by atoms with Crippen LogP contribution < -0.4 is 0 Å². The van der Waals surface area contributed by atoms with Gasteiger partial charge in [0.1, 0.15) is 0 Å². The molecule has 29 heavy (non-hydrogen) atoms. The summed E-state index contributed by atoms with van der Waals surface area (Å²) >= 11 is 0. The lowest BCUT2D eigenvalue weighted by atomic mass is 9.98. The largest absolute Gasteiger partial charge is 0.103 e. The maximum Gasteiger partial charge on any atom is 0.00912 e. The molecule has 0 saturated carbocycles. The van der Waals surface area contributed by atoms with Crippen LogP contribution in [-0.2, 0) is 0 Å². The van der Waals surface area contributed by atoms with Crippen LogP contribution in [0.4, 0.5) is 0 Å². The van der Waals surface area contributed by atoms with E-state index < -0.39 is 0 Å². The lowest BCUT2D eigenvalue weighted by molar-refractivity contribution is 0.473. The van der Waals surface area contributed by atoms with Crippen LogP contribution in [0.25, 0.3) is 0 Å². The van der Waals surface area contributed by atoms with Crippen LogP contribution in [0.15, 0.2) is 0 Å². The zero-order chi connectivity index (χ0) is 21.3. The second-order valence-electron chi connectivity index (χ2n) is 9.25. The molecule has 0 rings (SSSR count). The van der Waals surface area contributed by atoms with Crippen LogP contribution in [0.1, 0.15) is 155 Å². The van der Waals surface area contributed by atoms with Crippen LogP contribution in [0.5, 0.6) is 0 Å². The predicted octanol–water partition coefficient (Wildman–Crippen LogP) is 10.3. The first-order valence-corrected chi connectivity index (χ1v) is 13.4. The summed E-state index contributed by atoms with van der Waals surface area (Å²) in [7, 11) is 0. The molecule has 170 valence electrons. The molecule has 0 aliphatic rings. The predicted molar refractivity (Wildman–Crippen MR) is 134 cm³/mol. The molecule has 0 aliphatic carbocycles. The smallest absolute Gasteiger partial charge is 0.00912 e. The zero-order valence-electron chi connectivity index (χ0n) is 20.3. The van der Waals surface area contributed by atoms with Crippen molar-refractivity contribution in [3.63, 3.8) is 0 Å². The van der Waals surface area contributed by atoms with Crippen LogP contribution in [0.3, 0.4) is 0 Å². The Bertz CT molecular complexity index is 345. The molecule has 1 unspecified atom stereocenters. The molecule has 0 fully saturated rings. The van der Waals surface area contributed by atoms with Gasteiger partial charge in [0, 0.05) is 12.8 Å². The Kier molecular flexibility index (Phi) is 25.2. The van der Waals surface area contributed by atoms with E-state index in [0.717, 1.165) is 31.6 Å². The minimum Gasteiger partial charge on any atom is -0.103 e. The highest BCUT2D eigenvalue weighted by atomic mass is 14.1. The second kappa shape index (κ2) is 25.6. The van der Waals surface area contributed by atoms with Crippen molar-refractivity contribution in [1.29, 1.82) is 0 Å². The highest BCUT2D eigenvalue weighted by molar-refractivity contribution is 4.98. The first kappa shape index (κ1) is 28.6. The van der Waals surface area contributed by atoms with E-state index in [4.69, 9.17) is 0 Å². The van der Waals surface area contributed by atoms with Crippen molar-refractivity contribution < 1.29 is 0 Å². The van der Waals surface area contributed by atoms with Crippen LogP contribution in [0.2, 0.25) is 0 Å². The molecule has 1 atom stereocenters. The maximum atomic E-state index is 3.92. The van der Waals surface area contributed by atoms with E-state index in [1.54, 1.807) is 0 Å². The zero-order valence-corrected chi connectivity index (χ0v) is 20.3. The molecule has 0 heteroatoms. The fourth-order valence-corrected chi connectivity index (χ4v) is 4.00. The molecule has 0 aromatic heterocycles. The van der Waals surface area contributed by atoms with E-state index in [0.29, 0.717) is 0 Å². The van der Waals surface area contributed by atoms with Gasteiger partial charge in [0.05, 0.1) is 0 Å². The molecular weight excluding hydrogens is 348 g/mol. The first-order chi connectivity index (χ1) is 14.3. The third-order valence-electron chi connectivity index (χ3n) is 6.14. The van der Waals surface area contributed by atoms with Crippen molar-refractivity contribution in [3.8, 4) is 11.8 Å². The average Bonchev–Trinajstić information content (AvgIpc) is 2.72. The Morgan fingerprint density at radius 3 is 1.31 bits per heavy atom. The molecule has 0 bridgehead atoms. The van der Waals surface area contributed by atoms with Gasteiger partial charge in [-0.15, -0.1) is 11.8 Å². The Hall–Kier alpha value is -0.440. The van der Waals surface area contributed by atoms with Crippen molar-refractivity contribution in [2.24, 2.45) is 5.92 Å². The summed E-state index contributed by atoms with van der Waals surface area (Å²) in [5, 5.41) is 0. The molecule has 0 N–H and O–H groups in total. The molecule has 0 saturated heterocycles. The number of rotatable bonds is 22. The summed E-state index contributed by atoms with van der Waals surface area (Å²) in [5.74, 6) is 7.63. The van der Waals surface area contributed by atoms with Gasteiger partial charge in [0.15, 0.2) is 0 Å². The summed E-state index contributed by atoms with van der Waals surface area (Å²) < 4.78 is 0. The minimum atomic E-state index is 0.837. The minimum absolute atomic E-state index is 0.837. The summed E-state index contributed by atoms with van der Waals surface area (Å²) in [6.45, 7) is 10.2. The molecule has 0 aliphatic heterocycles. The molecule has 0 heterocycles. The van der Waals surface area contributed by atoms with E-state index in [1.807, 2.05) is 0 Å².